The first-order valence-corrected chi connectivity index (χ1v) is 13.8. The van der Waals surface area contributed by atoms with Gasteiger partial charge in [0.25, 0.3) is 0 Å². The molecule has 0 aliphatic carbocycles. The van der Waals surface area contributed by atoms with Crippen LogP contribution in [0.2, 0.25) is 0 Å². The van der Waals surface area contributed by atoms with Crippen LogP contribution < -0.4 is 0 Å². The minimum Gasteiger partial charge on any atom is -0.307 e. The zero-order chi connectivity index (χ0) is 22.1. The number of hydrogen-bond donors (Lipinski definition) is 1. The van der Waals surface area contributed by atoms with Crippen molar-refractivity contribution in [2.75, 3.05) is 28.2 Å². The number of hydrogen-bond acceptors (Lipinski definition) is 6. The molecule has 0 aliphatic rings. The quantitative estimate of drug-likeness (QED) is 0.265. The Kier molecular flexibility index (Phi) is 21.3. The van der Waals surface area contributed by atoms with Gasteiger partial charge >= 0.3 is 87.8 Å². The molecule has 2 aromatic carbocycles. The first-order valence-electron chi connectivity index (χ1n) is 9.34. The van der Waals surface area contributed by atoms with E-state index in [0.29, 0.717) is 0 Å². The Morgan fingerprint density at radius 2 is 1.43 bits per heavy atom. The SMILES string of the molecule is CC(=O)[O][Hg][O]C(C)O.CN(C)Cc1[c-]cccc1.CN(C)Cc1[c-]cccc1.[Pt+4]. The summed E-state index contributed by atoms with van der Waals surface area (Å²) in [5.74, 6) is -0.322. The Morgan fingerprint density at radius 1 is 1.00 bits per heavy atom. The van der Waals surface area contributed by atoms with Crippen LogP contribution in [0.15, 0.2) is 48.5 Å². The van der Waals surface area contributed by atoms with Gasteiger partial charge in [-0.3, -0.25) is 0 Å². The second-order valence-electron chi connectivity index (χ2n) is 6.77. The first kappa shape index (κ1) is 31.6. The van der Waals surface area contributed by atoms with Gasteiger partial charge < -0.3 is 9.80 Å². The Labute approximate surface area is 209 Å². The first-order chi connectivity index (χ1) is 13.7. The van der Waals surface area contributed by atoms with E-state index in [9.17, 15) is 4.79 Å². The molecular weight excluding hydrogens is 752 g/mol. The molecule has 8 heteroatoms. The second-order valence-corrected chi connectivity index (χ2v) is 10.1. The maximum Gasteiger partial charge on any atom is 4.00 e. The van der Waals surface area contributed by atoms with Crippen LogP contribution in [0.4, 0.5) is 0 Å². The van der Waals surface area contributed by atoms with Crippen molar-refractivity contribution in [3.05, 3.63) is 71.8 Å². The number of carbonyl (C=O) groups is 1. The zero-order valence-electron chi connectivity index (χ0n) is 18.7. The van der Waals surface area contributed by atoms with Crippen LogP contribution in [0.3, 0.4) is 0 Å². The van der Waals surface area contributed by atoms with Crippen LogP contribution in [0.5, 0.6) is 0 Å². The molecule has 0 radical (unpaired) electrons. The molecule has 0 aliphatic heterocycles. The third-order valence-electron chi connectivity index (χ3n) is 3.09. The summed E-state index contributed by atoms with van der Waals surface area (Å²) >= 11 is -1.94. The summed E-state index contributed by atoms with van der Waals surface area (Å²) in [5, 5.41) is 8.51. The van der Waals surface area contributed by atoms with E-state index in [1.165, 1.54) is 25.0 Å². The molecule has 0 heterocycles. The molecule has 2 aromatic rings. The van der Waals surface area contributed by atoms with Gasteiger partial charge in [0.2, 0.25) is 0 Å². The largest absolute Gasteiger partial charge is 4.00 e. The molecule has 2 rings (SSSR count). The third kappa shape index (κ3) is 22.1. The summed E-state index contributed by atoms with van der Waals surface area (Å²) in [5.41, 5.74) is 2.49. The summed E-state index contributed by atoms with van der Waals surface area (Å²) in [6, 6.07) is 22.4. The monoisotopic (exact) mass is 785 g/mol. The average Bonchev–Trinajstić information content (AvgIpc) is 2.63. The standard InChI is InChI=1S/2C9H12N.C2H5O2.C2H4O2.Hg.Pt/c2*1-10(2)8-9-6-4-3-5-7-9;2*1-2(3)4;;/h2*3-6H,8H2,1-2H3;2-3H,1H3;1H3,(H,3,4);;/q3*-1;;+2;+4/p-1. The predicted molar refractivity (Wildman–Crippen MR) is 110 cm³/mol. The number of carbonyl (C=O) groups excluding carboxylic acids is 1. The Balaban J connectivity index is 0. The van der Waals surface area contributed by atoms with Crippen molar-refractivity contribution < 1.29 is 61.7 Å². The molecular formula is C22H32HgN2O4Pt+2. The fourth-order valence-electron chi connectivity index (χ4n) is 1.95. The van der Waals surface area contributed by atoms with Crippen LogP contribution in [0, 0.1) is 12.1 Å². The summed E-state index contributed by atoms with van der Waals surface area (Å²) in [4.78, 5) is 14.4. The Morgan fingerprint density at radius 3 is 1.70 bits per heavy atom. The van der Waals surface area contributed by atoms with E-state index < -0.39 is 31.8 Å². The number of nitrogens with zero attached hydrogens (tertiary/aromatic N) is 2. The van der Waals surface area contributed by atoms with E-state index in [-0.39, 0.29) is 27.0 Å². The van der Waals surface area contributed by atoms with Crippen LogP contribution in [-0.2, 0) is 69.7 Å². The van der Waals surface area contributed by atoms with Crippen molar-refractivity contribution in [3.8, 4) is 0 Å². The topological polar surface area (TPSA) is 62.2 Å². The van der Waals surface area contributed by atoms with Gasteiger partial charge in [-0.1, -0.05) is 0 Å². The maximum absolute atomic E-state index is 10.1. The van der Waals surface area contributed by atoms with Crippen LogP contribution in [0.25, 0.3) is 0 Å². The van der Waals surface area contributed by atoms with Gasteiger partial charge in [0.05, 0.1) is 0 Å². The van der Waals surface area contributed by atoms with Gasteiger partial charge in [0.1, 0.15) is 0 Å². The van der Waals surface area contributed by atoms with Crippen LogP contribution in [-0.4, -0.2) is 55.4 Å². The minimum absolute atomic E-state index is 0. The molecule has 0 aromatic heterocycles. The van der Waals surface area contributed by atoms with Crippen LogP contribution in [0.1, 0.15) is 25.0 Å². The molecule has 0 bridgehead atoms. The van der Waals surface area contributed by atoms with Gasteiger partial charge in [0.15, 0.2) is 0 Å². The van der Waals surface area contributed by atoms with E-state index in [2.05, 4.69) is 67.5 Å². The van der Waals surface area contributed by atoms with Gasteiger partial charge in [-0.05, 0) is 28.2 Å². The maximum atomic E-state index is 10.1. The molecule has 30 heavy (non-hydrogen) atoms. The van der Waals surface area contributed by atoms with Crippen molar-refractivity contribution >= 4 is 5.97 Å². The second kappa shape index (κ2) is 20.3. The average molecular weight is 784 g/mol. The van der Waals surface area contributed by atoms with Crippen molar-refractivity contribution in [3.63, 3.8) is 0 Å². The minimum atomic E-state index is -1.94. The molecule has 0 fully saturated rings. The van der Waals surface area contributed by atoms with E-state index in [0.717, 1.165) is 13.1 Å². The van der Waals surface area contributed by atoms with Gasteiger partial charge in [-0.25, -0.2) is 0 Å². The predicted octanol–water partition coefficient (Wildman–Crippen LogP) is 2.91. The summed E-state index contributed by atoms with van der Waals surface area (Å²) in [6.07, 6.45) is -0.786. The van der Waals surface area contributed by atoms with Gasteiger partial charge in [0, 0.05) is 13.1 Å². The number of rotatable bonds is 7. The number of aliphatic hydroxyl groups excluding tert-OH is 1. The van der Waals surface area contributed by atoms with Crippen molar-refractivity contribution in [2.24, 2.45) is 0 Å². The summed E-state index contributed by atoms with van der Waals surface area (Å²) in [7, 11) is 8.23. The fraction of sp³-hybridized carbons (Fsp3) is 0.409. The summed E-state index contributed by atoms with van der Waals surface area (Å²) < 4.78 is 9.24. The number of aliphatic hydroxyl groups is 1. The van der Waals surface area contributed by atoms with Gasteiger partial charge in [-0.15, -0.1) is 11.1 Å². The molecule has 1 atom stereocenters. The molecule has 0 spiro atoms. The fourth-order valence-corrected chi connectivity index (χ4v) is 3.63. The Bertz CT molecular complexity index is 599. The smallest absolute Gasteiger partial charge is 0.307 e. The van der Waals surface area contributed by atoms with E-state index >= 15 is 0 Å². The molecule has 1 unspecified atom stereocenters. The molecule has 0 saturated heterocycles. The van der Waals surface area contributed by atoms with Crippen molar-refractivity contribution in [1.82, 2.24) is 9.80 Å². The normalized spacial score (nSPS) is 10.4. The van der Waals surface area contributed by atoms with Crippen LogP contribution >= 0.6 is 0 Å². The molecule has 6 nitrogen and oxygen atoms in total. The van der Waals surface area contributed by atoms with E-state index in [1.807, 2.05) is 36.4 Å². The van der Waals surface area contributed by atoms with Crippen molar-refractivity contribution in [2.45, 2.75) is 33.2 Å². The third-order valence-corrected chi connectivity index (χ3v) is 7.53. The summed E-state index contributed by atoms with van der Waals surface area (Å²) in [6.45, 7) is 4.76. The molecule has 1 N–H and O–H groups in total. The number of benzene rings is 2. The Hall–Kier alpha value is -0.627. The van der Waals surface area contributed by atoms with Gasteiger partial charge in [-0.2, -0.15) is 60.7 Å². The molecule has 164 valence electrons. The van der Waals surface area contributed by atoms with Crippen molar-refractivity contribution in [1.29, 1.82) is 0 Å². The van der Waals surface area contributed by atoms with E-state index in [1.54, 1.807) is 0 Å². The molecule has 0 amide bonds. The van der Waals surface area contributed by atoms with E-state index in [4.69, 9.17) is 5.11 Å². The molecule has 0 saturated carbocycles. The zero-order valence-corrected chi connectivity index (χ0v) is 26.5.